The van der Waals surface area contributed by atoms with Crippen LogP contribution in [-0.2, 0) is 0 Å². The maximum Gasteiger partial charge on any atom is 0.116 e. The fourth-order valence-electron chi connectivity index (χ4n) is 2.06. The molecule has 0 aliphatic carbocycles. The minimum Gasteiger partial charge on any atom is -0.508 e. The van der Waals surface area contributed by atoms with E-state index in [2.05, 4.69) is 17.6 Å². The van der Waals surface area contributed by atoms with Crippen LogP contribution in [0.15, 0.2) is 43.0 Å². The first-order chi connectivity index (χ1) is 7.79. The molecule has 0 aromatic heterocycles. The van der Waals surface area contributed by atoms with E-state index >= 15 is 0 Å². The van der Waals surface area contributed by atoms with Gasteiger partial charge in [-0.25, -0.2) is 0 Å². The molecule has 1 heterocycles. The van der Waals surface area contributed by atoms with Crippen LogP contribution in [0.5, 0.6) is 5.75 Å². The van der Waals surface area contributed by atoms with Crippen LogP contribution >= 0.6 is 0 Å². The number of hydrogen-bond donors (Lipinski definition) is 1. The third-order valence-electron chi connectivity index (χ3n) is 2.83. The lowest BCUT2D eigenvalue weighted by Gasteiger charge is -2.26. The van der Waals surface area contributed by atoms with Crippen molar-refractivity contribution in [2.24, 2.45) is 0 Å². The van der Waals surface area contributed by atoms with E-state index in [0.717, 1.165) is 31.6 Å². The van der Waals surface area contributed by atoms with Gasteiger partial charge in [0.2, 0.25) is 0 Å². The largest absolute Gasteiger partial charge is 0.508 e. The van der Waals surface area contributed by atoms with Crippen LogP contribution < -0.4 is 0 Å². The molecule has 1 aliphatic rings. The smallest absolute Gasteiger partial charge is 0.116 e. The molecule has 2 heteroatoms. The maximum absolute atomic E-state index is 9.46. The first kappa shape index (κ1) is 11.0. The van der Waals surface area contributed by atoms with Gasteiger partial charge >= 0.3 is 0 Å². The predicted molar refractivity (Wildman–Crippen MR) is 67.3 cm³/mol. The van der Waals surface area contributed by atoms with Crippen molar-refractivity contribution >= 4 is 5.57 Å². The van der Waals surface area contributed by atoms with Gasteiger partial charge in [-0.2, -0.15) is 0 Å². The van der Waals surface area contributed by atoms with Gasteiger partial charge in [0.25, 0.3) is 0 Å². The van der Waals surface area contributed by atoms with Gasteiger partial charge in [-0.05, 0) is 29.7 Å². The number of aromatic hydroxyl groups is 1. The number of nitrogens with zero attached hydrogens (tertiary/aromatic N) is 1. The second-order valence-corrected chi connectivity index (χ2v) is 4.09. The second-order valence-electron chi connectivity index (χ2n) is 4.09. The van der Waals surface area contributed by atoms with Gasteiger partial charge in [0.1, 0.15) is 5.75 Å². The number of benzene rings is 1. The van der Waals surface area contributed by atoms with Gasteiger partial charge in [0.05, 0.1) is 0 Å². The Hall–Kier alpha value is -1.54. The Bertz CT molecular complexity index is 409. The zero-order chi connectivity index (χ0) is 11.4. The summed E-state index contributed by atoms with van der Waals surface area (Å²) in [7, 11) is 0. The van der Waals surface area contributed by atoms with Crippen molar-refractivity contribution in [3.05, 3.63) is 48.6 Å². The lowest BCUT2D eigenvalue weighted by molar-refractivity contribution is 0.337. The van der Waals surface area contributed by atoms with Crippen LogP contribution in [0, 0.1) is 0 Å². The summed E-state index contributed by atoms with van der Waals surface area (Å²) >= 11 is 0. The summed E-state index contributed by atoms with van der Waals surface area (Å²) < 4.78 is 0. The fourth-order valence-corrected chi connectivity index (χ4v) is 2.06. The molecule has 0 spiro atoms. The summed E-state index contributed by atoms with van der Waals surface area (Å²) in [6.07, 6.45) is 5.26. The Morgan fingerprint density at radius 3 is 3.06 bits per heavy atom. The molecular weight excluding hydrogens is 198 g/mol. The zero-order valence-electron chi connectivity index (χ0n) is 9.39. The maximum atomic E-state index is 9.46. The van der Waals surface area contributed by atoms with Gasteiger partial charge < -0.3 is 5.11 Å². The molecule has 0 atom stereocenters. The Morgan fingerprint density at radius 2 is 2.31 bits per heavy atom. The highest BCUT2D eigenvalue weighted by atomic mass is 16.3. The summed E-state index contributed by atoms with van der Waals surface area (Å²) in [4.78, 5) is 2.35. The first-order valence-electron chi connectivity index (χ1n) is 5.61. The highest BCUT2D eigenvalue weighted by Crippen LogP contribution is 2.23. The Morgan fingerprint density at radius 1 is 1.44 bits per heavy atom. The van der Waals surface area contributed by atoms with E-state index in [1.807, 2.05) is 24.3 Å². The Labute approximate surface area is 96.5 Å². The second kappa shape index (κ2) is 4.99. The van der Waals surface area contributed by atoms with Gasteiger partial charge in [-0.1, -0.05) is 24.3 Å². The molecule has 2 rings (SSSR count). The summed E-state index contributed by atoms with van der Waals surface area (Å²) in [6, 6.07) is 7.46. The molecule has 1 aromatic carbocycles. The number of phenolic OH excluding ortho intramolecular Hbond substituents is 1. The van der Waals surface area contributed by atoms with Crippen LogP contribution in [0.4, 0.5) is 0 Å². The van der Waals surface area contributed by atoms with Crippen molar-refractivity contribution in [2.45, 2.75) is 6.42 Å². The van der Waals surface area contributed by atoms with Crippen LogP contribution in [-0.4, -0.2) is 29.6 Å². The molecule has 1 aromatic rings. The molecule has 0 amide bonds. The predicted octanol–water partition coefficient (Wildman–Crippen LogP) is 2.67. The Kier molecular flexibility index (Phi) is 3.42. The molecule has 0 bridgehead atoms. The van der Waals surface area contributed by atoms with Crippen molar-refractivity contribution in [1.29, 1.82) is 0 Å². The van der Waals surface area contributed by atoms with Crippen molar-refractivity contribution in [1.82, 2.24) is 4.90 Å². The van der Waals surface area contributed by atoms with Gasteiger partial charge in [0, 0.05) is 19.6 Å². The molecule has 1 N–H and O–H groups in total. The molecule has 0 radical (unpaired) electrons. The number of rotatable bonds is 3. The standard InChI is InChI=1S/C14H17NO/c1-2-8-15-9-4-6-13(11-15)12-5-3-7-14(16)10-12/h2-3,5-7,10,16H,1,4,8-9,11H2. The van der Waals surface area contributed by atoms with E-state index in [-0.39, 0.29) is 0 Å². The summed E-state index contributed by atoms with van der Waals surface area (Å²) in [5.74, 6) is 0.333. The minimum atomic E-state index is 0.333. The quantitative estimate of drug-likeness (QED) is 0.784. The lowest BCUT2D eigenvalue weighted by atomic mass is 10.0. The molecular formula is C14H17NO. The van der Waals surface area contributed by atoms with Crippen LogP contribution in [0.2, 0.25) is 0 Å². The van der Waals surface area contributed by atoms with E-state index < -0.39 is 0 Å². The molecule has 0 fully saturated rings. The summed E-state index contributed by atoms with van der Waals surface area (Å²) in [5, 5.41) is 9.46. The van der Waals surface area contributed by atoms with Crippen LogP contribution in [0.25, 0.3) is 5.57 Å². The van der Waals surface area contributed by atoms with Gasteiger partial charge in [0.15, 0.2) is 0 Å². The number of hydrogen-bond acceptors (Lipinski definition) is 2. The minimum absolute atomic E-state index is 0.333. The average molecular weight is 215 g/mol. The molecule has 0 saturated heterocycles. The zero-order valence-corrected chi connectivity index (χ0v) is 9.39. The van der Waals surface area contributed by atoms with E-state index in [1.54, 1.807) is 6.07 Å². The molecule has 1 aliphatic heterocycles. The third-order valence-corrected chi connectivity index (χ3v) is 2.83. The first-order valence-corrected chi connectivity index (χ1v) is 5.61. The van der Waals surface area contributed by atoms with Crippen molar-refractivity contribution in [2.75, 3.05) is 19.6 Å². The molecule has 84 valence electrons. The van der Waals surface area contributed by atoms with Gasteiger partial charge in [-0.15, -0.1) is 6.58 Å². The van der Waals surface area contributed by atoms with E-state index in [1.165, 1.54) is 5.57 Å². The van der Waals surface area contributed by atoms with E-state index in [9.17, 15) is 5.11 Å². The lowest BCUT2D eigenvalue weighted by Crippen LogP contribution is -2.29. The topological polar surface area (TPSA) is 23.5 Å². The fraction of sp³-hybridized carbons (Fsp3) is 0.286. The molecule has 2 nitrogen and oxygen atoms in total. The van der Waals surface area contributed by atoms with Crippen LogP contribution in [0.3, 0.4) is 0 Å². The average Bonchev–Trinajstić information content (AvgIpc) is 2.30. The van der Waals surface area contributed by atoms with Gasteiger partial charge in [-0.3, -0.25) is 4.90 Å². The van der Waals surface area contributed by atoms with E-state index in [0.29, 0.717) is 5.75 Å². The molecule has 16 heavy (non-hydrogen) atoms. The van der Waals surface area contributed by atoms with E-state index in [4.69, 9.17) is 0 Å². The normalized spacial score (nSPS) is 16.9. The number of phenols is 1. The monoisotopic (exact) mass is 215 g/mol. The molecule has 0 unspecified atom stereocenters. The molecule has 0 saturated carbocycles. The summed E-state index contributed by atoms with van der Waals surface area (Å²) in [6.45, 7) is 6.72. The third kappa shape index (κ3) is 2.52. The Balaban J connectivity index is 2.15. The van der Waals surface area contributed by atoms with Crippen molar-refractivity contribution in [3.63, 3.8) is 0 Å². The SMILES string of the molecule is C=CCN1CCC=C(c2cccc(O)c2)C1. The van der Waals surface area contributed by atoms with Crippen molar-refractivity contribution < 1.29 is 5.11 Å². The van der Waals surface area contributed by atoms with Crippen molar-refractivity contribution in [3.8, 4) is 5.75 Å². The highest BCUT2D eigenvalue weighted by Gasteiger charge is 2.12. The summed E-state index contributed by atoms with van der Waals surface area (Å²) in [5.41, 5.74) is 2.41. The highest BCUT2D eigenvalue weighted by molar-refractivity contribution is 5.68. The van der Waals surface area contributed by atoms with Crippen LogP contribution in [0.1, 0.15) is 12.0 Å².